The molecule has 51 heavy (non-hydrogen) atoms. The molecule has 5 N–H and O–H groups in total. The summed E-state index contributed by atoms with van der Waals surface area (Å²) in [6.07, 6.45) is 5.18. The van der Waals surface area contributed by atoms with Crippen LogP contribution >= 0.6 is 20.0 Å². The number of aryl methyl sites for hydroxylation is 1. The number of carbonyl (C=O) groups is 2. The highest BCUT2D eigenvalue weighted by Crippen LogP contribution is 2.43. The van der Waals surface area contributed by atoms with Crippen molar-refractivity contribution in [2.45, 2.75) is 71.6 Å². The third kappa shape index (κ3) is 12.6. The van der Waals surface area contributed by atoms with Gasteiger partial charge in [-0.15, -0.1) is 0 Å². The SMILES string of the molecule is CCOP(=O)(O)OCCCC(=O)CCCCC(=O)NCCCCCNC(=S)Nc1ccc(-c2c3ccc(=O)cc-3oc3cc(O)ccc23)c(C)c1. The summed E-state index contributed by atoms with van der Waals surface area (Å²) in [4.78, 5) is 45.5. The number of hydrogen-bond acceptors (Lipinski definition) is 9. The fourth-order valence-corrected chi connectivity index (χ4v) is 6.65. The smallest absolute Gasteiger partial charge is 0.472 e. The van der Waals surface area contributed by atoms with Crippen molar-refractivity contribution in [3.63, 3.8) is 0 Å². The van der Waals surface area contributed by atoms with E-state index in [1.54, 1.807) is 25.1 Å². The van der Waals surface area contributed by atoms with Crippen molar-refractivity contribution in [2.24, 2.45) is 0 Å². The van der Waals surface area contributed by atoms with E-state index in [4.69, 9.17) is 21.2 Å². The van der Waals surface area contributed by atoms with Crippen molar-refractivity contribution in [1.29, 1.82) is 0 Å². The van der Waals surface area contributed by atoms with Gasteiger partial charge in [-0.1, -0.05) is 6.07 Å². The molecule has 2 aromatic rings. The summed E-state index contributed by atoms with van der Waals surface area (Å²) >= 11 is 5.51. The molecule has 1 aliphatic heterocycles. The number of hydrogen-bond donors (Lipinski definition) is 5. The van der Waals surface area contributed by atoms with Crippen LogP contribution in [-0.4, -0.2) is 53.1 Å². The molecule has 1 heterocycles. The Kier molecular flexibility index (Phi) is 15.1. The quantitative estimate of drug-likeness (QED) is 0.0267. The Labute approximate surface area is 302 Å². The molecule has 0 bridgehead atoms. The highest BCUT2D eigenvalue weighted by Gasteiger charge is 2.20. The maximum absolute atomic E-state index is 12.1. The van der Waals surface area contributed by atoms with Gasteiger partial charge in [-0.05, 0) is 112 Å². The first-order valence-electron chi connectivity index (χ1n) is 17.2. The van der Waals surface area contributed by atoms with Crippen LogP contribution in [-0.2, 0) is 23.2 Å². The molecule has 1 unspecified atom stereocenters. The number of benzene rings is 3. The van der Waals surface area contributed by atoms with Crippen LogP contribution in [0.4, 0.5) is 5.69 Å². The van der Waals surface area contributed by atoms with Gasteiger partial charge < -0.3 is 30.4 Å². The molecule has 12 nitrogen and oxygen atoms in total. The van der Waals surface area contributed by atoms with Crippen molar-refractivity contribution in [1.82, 2.24) is 10.6 Å². The van der Waals surface area contributed by atoms with Crippen LogP contribution in [0.1, 0.15) is 70.3 Å². The minimum absolute atomic E-state index is 0.0265. The van der Waals surface area contributed by atoms with Gasteiger partial charge >= 0.3 is 7.82 Å². The molecule has 274 valence electrons. The topological polar surface area (TPSA) is 176 Å². The van der Waals surface area contributed by atoms with E-state index in [-0.39, 0.29) is 42.5 Å². The lowest BCUT2D eigenvalue weighted by atomic mass is 9.91. The molecule has 1 amide bonds. The summed E-state index contributed by atoms with van der Waals surface area (Å²) in [5.74, 6) is 0.528. The molecule has 2 aromatic carbocycles. The average Bonchev–Trinajstić information content (AvgIpc) is 3.07. The number of carbonyl (C=O) groups excluding carboxylic acids is 2. The van der Waals surface area contributed by atoms with Crippen LogP contribution in [0.2, 0.25) is 0 Å². The summed E-state index contributed by atoms with van der Waals surface area (Å²) < 4.78 is 26.8. The first-order valence-corrected chi connectivity index (χ1v) is 19.1. The standard InChI is InChI=1S/C37H46N3O9PS/c1-3-47-50(45,46)48-21-9-11-27(41)10-5-6-12-35(44)38-19-7-4-8-20-39-37(51)40-26-13-16-30(25(2)22-26)36-31-17-14-28(42)23-33(31)49-34-24-29(43)15-18-32(34)36/h13-18,22-24,42H,3-12,19-21H2,1-2H3,(H,38,44)(H,45,46)(H2,39,40,51). The minimum atomic E-state index is -4.02. The number of thiocarbonyl (C=S) groups is 1. The molecule has 1 atom stereocenters. The van der Waals surface area contributed by atoms with Gasteiger partial charge in [-0.25, -0.2) is 4.57 Å². The number of phosphoric acid groups is 1. The van der Waals surface area contributed by atoms with E-state index in [9.17, 15) is 28.9 Å². The molecular formula is C37H46N3O9PS. The summed E-state index contributed by atoms with van der Waals surface area (Å²) in [6.45, 7) is 4.91. The Hall–Kier alpha value is -4.13. The third-order valence-electron chi connectivity index (χ3n) is 8.15. The van der Waals surface area contributed by atoms with Crippen LogP contribution in [0.25, 0.3) is 33.4 Å². The lowest BCUT2D eigenvalue weighted by Gasteiger charge is -2.18. The molecule has 1 aliphatic carbocycles. The number of ketones is 1. The molecule has 14 heteroatoms. The summed E-state index contributed by atoms with van der Waals surface area (Å²) in [6, 6.07) is 15.7. The van der Waals surface area contributed by atoms with Crippen LogP contribution in [0.15, 0.2) is 63.8 Å². The monoisotopic (exact) mass is 739 g/mol. The average molecular weight is 740 g/mol. The number of fused-ring (bicyclic) bond motifs is 2. The van der Waals surface area contributed by atoms with Crippen LogP contribution in [0, 0.1) is 6.92 Å². The molecular weight excluding hydrogens is 693 g/mol. The van der Waals surface area contributed by atoms with E-state index < -0.39 is 7.82 Å². The number of anilines is 1. The zero-order chi connectivity index (χ0) is 36.8. The largest absolute Gasteiger partial charge is 0.508 e. The molecule has 0 radical (unpaired) electrons. The van der Waals surface area contributed by atoms with Gasteiger partial charge in [0.25, 0.3) is 0 Å². The van der Waals surface area contributed by atoms with Gasteiger partial charge in [0.2, 0.25) is 5.91 Å². The lowest BCUT2D eigenvalue weighted by Crippen LogP contribution is -2.29. The van der Waals surface area contributed by atoms with Crippen LogP contribution in [0.5, 0.6) is 5.75 Å². The van der Waals surface area contributed by atoms with E-state index in [2.05, 4.69) is 20.5 Å². The number of aromatic hydroxyl groups is 1. The number of phenolic OH excluding ortho intramolecular Hbond substituents is 1. The first kappa shape index (κ1) is 39.7. The lowest BCUT2D eigenvalue weighted by molar-refractivity contribution is -0.122. The predicted octanol–water partition coefficient (Wildman–Crippen LogP) is 7.21. The zero-order valence-electron chi connectivity index (χ0n) is 29.0. The van der Waals surface area contributed by atoms with Crippen molar-refractivity contribution in [3.05, 3.63) is 70.4 Å². The highest BCUT2D eigenvalue weighted by atomic mass is 32.1. The van der Waals surface area contributed by atoms with E-state index >= 15 is 0 Å². The third-order valence-corrected chi connectivity index (χ3v) is 9.49. The number of phenols is 1. The minimum Gasteiger partial charge on any atom is -0.508 e. The molecule has 2 aliphatic rings. The van der Waals surface area contributed by atoms with Crippen molar-refractivity contribution in [3.8, 4) is 28.2 Å². The summed E-state index contributed by atoms with van der Waals surface area (Å²) in [5, 5.41) is 20.8. The maximum atomic E-state index is 12.1. The first-order chi connectivity index (χ1) is 24.5. The van der Waals surface area contributed by atoms with Gasteiger partial charge in [0, 0.05) is 66.7 Å². The van der Waals surface area contributed by atoms with Gasteiger partial charge in [0.05, 0.1) is 13.2 Å². The number of nitrogens with one attached hydrogen (secondary N) is 3. The van der Waals surface area contributed by atoms with E-state index in [0.717, 1.165) is 52.6 Å². The second kappa shape index (κ2) is 19.5. The normalized spacial score (nSPS) is 12.5. The van der Waals surface area contributed by atoms with Gasteiger partial charge in [0.1, 0.15) is 22.9 Å². The van der Waals surface area contributed by atoms with Crippen molar-refractivity contribution < 1.29 is 37.6 Å². The fraction of sp³-hybridized carbons (Fsp3) is 0.405. The Morgan fingerprint density at radius 2 is 1.59 bits per heavy atom. The molecule has 0 aromatic heterocycles. The van der Waals surface area contributed by atoms with Gasteiger partial charge in [-0.3, -0.25) is 23.4 Å². The number of Topliss-reactive ketones (excluding diaryl/α,β-unsaturated/α-hetero) is 1. The Morgan fingerprint density at radius 1 is 0.863 bits per heavy atom. The maximum Gasteiger partial charge on any atom is 0.472 e. The Balaban J connectivity index is 1.11. The van der Waals surface area contributed by atoms with E-state index in [1.165, 1.54) is 12.1 Å². The second-order valence-corrected chi connectivity index (χ2v) is 14.1. The van der Waals surface area contributed by atoms with Crippen LogP contribution in [0.3, 0.4) is 0 Å². The summed E-state index contributed by atoms with van der Waals surface area (Å²) in [5.41, 5.74) is 4.83. The van der Waals surface area contributed by atoms with Crippen molar-refractivity contribution >= 4 is 53.5 Å². The van der Waals surface area contributed by atoms with Crippen LogP contribution < -0.4 is 21.4 Å². The number of rotatable bonds is 20. The highest BCUT2D eigenvalue weighted by molar-refractivity contribution is 7.80. The van der Waals surface area contributed by atoms with E-state index in [1.807, 2.05) is 31.2 Å². The van der Waals surface area contributed by atoms with Gasteiger partial charge in [-0.2, -0.15) is 0 Å². The predicted molar refractivity (Wildman–Crippen MR) is 202 cm³/mol. The molecule has 0 spiro atoms. The number of unbranched alkanes of at least 4 members (excludes halogenated alkanes) is 3. The molecule has 0 saturated heterocycles. The zero-order valence-corrected chi connectivity index (χ0v) is 30.7. The Bertz CT molecular complexity index is 1900. The summed E-state index contributed by atoms with van der Waals surface area (Å²) in [7, 11) is -4.02. The second-order valence-electron chi connectivity index (χ2n) is 12.2. The number of phosphoric ester groups is 1. The van der Waals surface area contributed by atoms with Crippen molar-refractivity contribution in [2.75, 3.05) is 31.6 Å². The van der Waals surface area contributed by atoms with E-state index in [0.29, 0.717) is 61.6 Å². The number of amides is 1. The Morgan fingerprint density at radius 3 is 2.35 bits per heavy atom. The fourth-order valence-electron chi connectivity index (χ4n) is 5.67. The van der Waals surface area contributed by atoms with Gasteiger partial charge in [0.15, 0.2) is 10.5 Å². The molecule has 0 fully saturated rings. The molecule has 0 saturated carbocycles. The molecule has 4 rings (SSSR count).